The van der Waals surface area contributed by atoms with Gasteiger partial charge in [-0.05, 0) is 64.6 Å². The number of hydrogen-bond donors (Lipinski definition) is 2. The number of nitrogens with one attached hydrogen (secondary N) is 1. The van der Waals surface area contributed by atoms with Crippen LogP contribution in [0.1, 0.15) is 68.3 Å². The Balaban J connectivity index is 0.00000113. The molecule has 25 heavy (non-hydrogen) atoms. The molecule has 7 heteroatoms. The molecule has 5 nitrogen and oxygen atoms in total. The Morgan fingerprint density at radius 3 is 2.44 bits per heavy atom. The average molecular weight is 388 g/mol. The van der Waals surface area contributed by atoms with Crippen molar-refractivity contribution in [2.45, 2.75) is 62.8 Å². The molecular weight excluding hydrogens is 357 g/mol. The minimum atomic E-state index is 0. The first-order chi connectivity index (χ1) is 11.3. The number of likely N-dealkylation sites (tertiary alicyclic amines) is 1. The molecule has 4 rings (SSSR count). The van der Waals surface area contributed by atoms with Crippen molar-refractivity contribution < 1.29 is 0 Å². The molecule has 3 N–H and O–H groups in total. The van der Waals surface area contributed by atoms with Crippen LogP contribution in [0.5, 0.6) is 0 Å². The molecule has 1 aromatic rings. The highest BCUT2D eigenvalue weighted by atomic mass is 35.5. The smallest absolute Gasteiger partial charge is 0.134 e. The van der Waals surface area contributed by atoms with Crippen LogP contribution >= 0.6 is 24.8 Å². The summed E-state index contributed by atoms with van der Waals surface area (Å²) < 4.78 is 0. The number of nitrogens with two attached hydrogens (primary N) is 1. The number of halogens is 2. The molecule has 3 fully saturated rings. The van der Waals surface area contributed by atoms with Crippen molar-refractivity contribution in [1.82, 2.24) is 14.9 Å². The van der Waals surface area contributed by atoms with Crippen molar-refractivity contribution >= 4 is 30.6 Å². The Bertz CT molecular complexity index is 540. The lowest BCUT2D eigenvalue weighted by Gasteiger charge is -2.32. The van der Waals surface area contributed by atoms with Gasteiger partial charge in [0.05, 0.1) is 0 Å². The van der Waals surface area contributed by atoms with Gasteiger partial charge in [0.15, 0.2) is 0 Å². The van der Waals surface area contributed by atoms with Gasteiger partial charge in [-0.2, -0.15) is 0 Å². The molecule has 0 spiro atoms. The molecule has 2 saturated carbocycles. The quantitative estimate of drug-likeness (QED) is 0.702. The highest BCUT2D eigenvalue weighted by molar-refractivity contribution is 5.85. The third-order valence-corrected chi connectivity index (χ3v) is 5.45. The first-order valence-corrected chi connectivity index (χ1v) is 9.38. The van der Waals surface area contributed by atoms with Gasteiger partial charge in [-0.25, -0.2) is 9.97 Å². The SMILES string of the molecule is Cl.Cl.NC1CC(c2cc(NCCCN3CCCC3)nc(C3CC3)n2)C1. The van der Waals surface area contributed by atoms with E-state index in [-0.39, 0.29) is 24.8 Å². The summed E-state index contributed by atoms with van der Waals surface area (Å²) in [5.41, 5.74) is 7.16. The summed E-state index contributed by atoms with van der Waals surface area (Å²) in [5, 5.41) is 3.54. The number of rotatable bonds is 7. The highest BCUT2D eigenvalue weighted by Crippen LogP contribution is 2.41. The highest BCUT2D eigenvalue weighted by Gasteiger charge is 2.32. The van der Waals surface area contributed by atoms with E-state index < -0.39 is 0 Å². The maximum atomic E-state index is 5.95. The van der Waals surface area contributed by atoms with Crippen LogP contribution in [-0.4, -0.2) is 47.1 Å². The normalized spacial score (nSPS) is 25.6. The van der Waals surface area contributed by atoms with Gasteiger partial charge in [-0.15, -0.1) is 24.8 Å². The molecule has 0 unspecified atom stereocenters. The molecule has 0 aromatic carbocycles. The zero-order valence-corrected chi connectivity index (χ0v) is 16.5. The Labute approximate surface area is 163 Å². The van der Waals surface area contributed by atoms with E-state index in [4.69, 9.17) is 15.7 Å². The fourth-order valence-corrected chi connectivity index (χ4v) is 3.74. The molecule has 3 aliphatic rings. The molecular formula is C18H31Cl2N5. The number of nitrogens with zero attached hydrogens (tertiary/aromatic N) is 3. The lowest BCUT2D eigenvalue weighted by atomic mass is 9.78. The van der Waals surface area contributed by atoms with Gasteiger partial charge in [0.2, 0.25) is 0 Å². The third-order valence-electron chi connectivity index (χ3n) is 5.45. The maximum absolute atomic E-state index is 5.95. The van der Waals surface area contributed by atoms with Gasteiger partial charge >= 0.3 is 0 Å². The summed E-state index contributed by atoms with van der Waals surface area (Å²) in [7, 11) is 0. The Morgan fingerprint density at radius 1 is 1.08 bits per heavy atom. The van der Waals surface area contributed by atoms with Crippen molar-refractivity contribution in [3.8, 4) is 0 Å². The molecule has 2 heterocycles. The monoisotopic (exact) mass is 387 g/mol. The summed E-state index contributed by atoms with van der Waals surface area (Å²) in [5.74, 6) is 3.24. The van der Waals surface area contributed by atoms with Crippen molar-refractivity contribution in [2.24, 2.45) is 5.73 Å². The average Bonchev–Trinajstić information content (AvgIpc) is 3.25. The second-order valence-electron chi connectivity index (χ2n) is 7.57. The van der Waals surface area contributed by atoms with Crippen LogP contribution in [-0.2, 0) is 0 Å². The van der Waals surface area contributed by atoms with Crippen LogP contribution in [0.2, 0.25) is 0 Å². The largest absolute Gasteiger partial charge is 0.370 e. The molecule has 0 amide bonds. The second-order valence-corrected chi connectivity index (χ2v) is 7.57. The van der Waals surface area contributed by atoms with Gasteiger partial charge < -0.3 is 16.0 Å². The van der Waals surface area contributed by atoms with E-state index >= 15 is 0 Å². The van der Waals surface area contributed by atoms with E-state index in [1.165, 1.54) is 57.4 Å². The van der Waals surface area contributed by atoms with E-state index in [0.717, 1.165) is 31.0 Å². The maximum Gasteiger partial charge on any atom is 0.134 e. The molecule has 1 aromatic heterocycles. The van der Waals surface area contributed by atoms with E-state index in [2.05, 4.69) is 16.3 Å². The van der Waals surface area contributed by atoms with Crippen LogP contribution in [0.25, 0.3) is 0 Å². The van der Waals surface area contributed by atoms with E-state index in [0.29, 0.717) is 17.9 Å². The standard InChI is InChI=1S/C18H29N5.2ClH/c19-15-10-14(11-15)16-12-17(22-18(21-16)13-4-5-13)20-6-3-9-23-7-1-2-8-23;;/h12-15H,1-11,19H2,(H,20,21,22);2*1H. The van der Waals surface area contributed by atoms with E-state index in [1.807, 2.05) is 0 Å². The Hall–Kier alpha value is -0.620. The fourth-order valence-electron chi connectivity index (χ4n) is 3.74. The summed E-state index contributed by atoms with van der Waals surface area (Å²) >= 11 is 0. The molecule has 0 radical (unpaired) electrons. The molecule has 1 saturated heterocycles. The summed E-state index contributed by atoms with van der Waals surface area (Å²) in [4.78, 5) is 12.2. The Morgan fingerprint density at radius 2 is 1.80 bits per heavy atom. The van der Waals surface area contributed by atoms with Gasteiger partial charge in [-0.1, -0.05) is 0 Å². The van der Waals surface area contributed by atoms with E-state index in [1.54, 1.807) is 0 Å². The zero-order chi connectivity index (χ0) is 15.6. The first-order valence-electron chi connectivity index (χ1n) is 9.38. The summed E-state index contributed by atoms with van der Waals surface area (Å²) in [6.45, 7) is 4.77. The number of hydrogen-bond acceptors (Lipinski definition) is 5. The fraction of sp³-hybridized carbons (Fsp3) is 0.778. The van der Waals surface area contributed by atoms with Gasteiger partial charge in [0.1, 0.15) is 11.6 Å². The number of aromatic nitrogens is 2. The molecule has 2 aliphatic carbocycles. The Kier molecular flexibility index (Phi) is 7.74. The second kappa shape index (κ2) is 9.36. The topological polar surface area (TPSA) is 67.1 Å². The molecule has 0 bridgehead atoms. The predicted octanol–water partition coefficient (Wildman–Crippen LogP) is 3.30. The lowest BCUT2D eigenvalue weighted by molar-refractivity contribution is 0.337. The van der Waals surface area contributed by atoms with Gasteiger partial charge in [0, 0.05) is 36.2 Å². The van der Waals surface area contributed by atoms with Gasteiger partial charge in [-0.3, -0.25) is 0 Å². The summed E-state index contributed by atoms with van der Waals surface area (Å²) in [6.07, 6.45) is 8.59. The molecule has 142 valence electrons. The van der Waals surface area contributed by atoms with Crippen LogP contribution in [0.3, 0.4) is 0 Å². The number of anilines is 1. The zero-order valence-electron chi connectivity index (χ0n) is 14.8. The summed E-state index contributed by atoms with van der Waals surface area (Å²) in [6, 6.07) is 2.54. The van der Waals surface area contributed by atoms with Crippen molar-refractivity contribution in [2.75, 3.05) is 31.5 Å². The van der Waals surface area contributed by atoms with Crippen LogP contribution in [0.15, 0.2) is 6.07 Å². The minimum Gasteiger partial charge on any atom is -0.370 e. The van der Waals surface area contributed by atoms with Crippen LogP contribution < -0.4 is 11.1 Å². The third kappa shape index (κ3) is 5.43. The predicted molar refractivity (Wildman–Crippen MR) is 107 cm³/mol. The molecule has 1 aliphatic heterocycles. The van der Waals surface area contributed by atoms with E-state index in [9.17, 15) is 0 Å². The minimum absolute atomic E-state index is 0. The van der Waals surface area contributed by atoms with Crippen LogP contribution in [0.4, 0.5) is 5.82 Å². The van der Waals surface area contributed by atoms with Crippen molar-refractivity contribution in [3.63, 3.8) is 0 Å². The van der Waals surface area contributed by atoms with Crippen molar-refractivity contribution in [1.29, 1.82) is 0 Å². The van der Waals surface area contributed by atoms with Gasteiger partial charge in [0.25, 0.3) is 0 Å². The molecule has 0 atom stereocenters. The first kappa shape index (κ1) is 20.7. The van der Waals surface area contributed by atoms with Crippen molar-refractivity contribution in [3.05, 3.63) is 17.6 Å². The lowest BCUT2D eigenvalue weighted by Crippen LogP contribution is -2.35. The van der Waals surface area contributed by atoms with Crippen LogP contribution in [0, 0.1) is 0 Å².